The van der Waals surface area contributed by atoms with Gasteiger partial charge in [-0.25, -0.2) is 4.98 Å². The quantitative estimate of drug-likeness (QED) is 0.635. The van der Waals surface area contributed by atoms with Gasteiger partial charge in [-0.15, -0.1) is 0 Å². The van der Waals surface area contributed by atoms with Crippen molar-refractivity contribution in [1.29, 1.82) is 0 Å². The SMILES string of the molecule is CCOc1ccc(C(=O)N[C@H](C)C(=O)Nc2nc3ccccc3[nH]2)cc1. The molecule has 7 heteroatoms. The van der Waals surface area contributed by atoms with E-state index in [1.165, 1.54) is 0 Å². The van der Waals surface area contributed by atoms with E-state index in [1.54, 1.807) is 31.2 Å². The molecule has 2 amide bonds. The summed E-state index contributed by atoms with van der Waals surface area (Å²) in [5, 5.41) is 5.34. The lowest BCUT2D eigenvalue weighted by Gasteiger charge is -2.13. The van der Waals surface area contributed by atoms with E-state index in [9.17, 15) is 9.59 Å². The van der Waals surface area contributed by atoms with Gasteiger partial charge in [0.2, 0.25) is 11.9 Å². The third kappa shape index (κ3) is 4.00. The maximum absolute atomic E-state index is 12.3. The van der Waals surface area contributed by atoms with E-state index in [1.807, 2.05) is 31.2 Å². The summed E-state index contributed by atoms with van der Waals surface area (Å²) in [7, 11) is 0. The number of para-hydroxylation sites is 2. The molecule has 0 unspecified atom stereocenters. The Balaban J connectivity index is 1.60. The lowest BCUT2D eigenvalue weighted by molar-refractivity contribution is -0.117. The average molecular weight is 352 g/mol. The van der Waals surface area contributed by atoms with Crippen LogP contribution in [0.2, 0.25) is 0 Å². The second-order valence-electron chi connectivity index (χ2n) is 5.74. The number of fused-ring (bicyclic) bond motifs is 1. The van der Waals surface area contributed by atoms with Crippen LogP contribution in [0.1, 0.15) is 24.2 Å². The number of anilines is 1. The fraction of sp³-hybridized carbons (Fsp3) is 0.211. The van der Waals surface area contributed by atoms with Crippen LogP contribution in [0.15, 0.2) is 48.5 Å². The van der Waals surface area contributed by atoms with Gasteiger partial charge in [-0.05, 0) is 50.2 Å². The standard InChI is InChI=1S/C19H20N4O3/c1-3-26-14-10-8-13(9-11-14)18(25)20-12(2)17(24)23-19-21-15-6-4-5-7-16(15)22-19/h4-12H,3H2,1-2H3,(H,20,25)(H2,21,22,23,24)/t12-/m1/s1. The van der Waals surface area contributed by atoms with Gasteiger partial charge < -0.3 is 15.0 Å². The Morgan fingerprint density at radius 2 is 1.88 bits per heavy atom. The van der Waals surface area contributed by atoms with Crippen molar-refractivity contribution in [2.45, 2.75) is 19.9 Å². The molecule has 3 rings (SSSR count). The molecule has 0 saturated heterocycles. The zero-order valence-electron chi connectivity index (χ0n) is 14.6. The van der Waals surface area contributed by atoms with Gasteiger partial charge in [0.15, 0.2) is 0 Å². The summed E-state index contributed by atoms with van der Waals surface area (Å²) in [4.78, 5) is 31.9. The first-order valence-electron chi connectivity index (χ1n) is 8.36. The predicted molar refractivity (Wildman–Crippen MR) is 99.3 cm³/mol. The highest BCUT2D eigenvalue weighted by atomic mass is 16.5. The number of carbonyl (C=O) groups is 2. The molecule has 2 aromatic carbocycles. The molecule has 3 aromatic rings. The van der Waals surface area contributed by atoms with Gasteiger partial charge in [0.25, 0.3) is 5.91 Å². The number of ether oxygens (including phenoxy) is 1. The molecule has 134 valence electrons. The molecule has 0 aliphatic carbocycles. The fourth-order valence-corrected chi connectivity index (χ4v) is 2.45. The van der Waals surface area contributed by atoms with Crippen LogP contribution >= 0.6 is 0 Å². The molecule has 0 spiro atoms. The van der Waals surface area contributed by atoms with Crippen molar-refractivity contribution in [3.8, 4) is 5.75 Å². The molecule has 0 bridgehead atoms. The summed E-state index contributed by atoms with van der Waals surface area (Å²) >= 11 is 0. The fourth-order valence-electron chi connectivity index (χ4n) is 2.45. The number of nitrogens with one attached hydrogen (secondary N) is 3. The first-order chi connectivity index (χ1) is 12.6. The molecule has 0 aliphatic heterocycles. The normalized spacial score (nSPS) is 11.8. The lowest BCUT2D eigenvalue weighted by Crippen LogP contribution is -2.41. The van der Waals surface area contributed by atoms with E-state index < -0.39 is 6.04 Å². The highest BCUT2D eigenvalue weighted by Gasteiger charge is 2.18. The molecule has 0 fully saturated rings. The van der Waals surface area contributed by atoms with E-state index >= 15 is 0 Å². The summed E-state index contributed by atoms with van der Waals surface area (Å²) in [6, 6.07) is 13.5. The van der Waals surface area contributed by atoms with Crippen LogP contribution in [-0.2, 0) is 4.79 Å². The van der Waals surface area contributed by atoms with Crippen molar-refractivity contribution in [2.75, 3.05) is 11.9 Å². The number of hydrogen-bond donors (Lipinski definition) is 3. The number of H-pyrrole nitrogens is 1. The van der Waals surface area contributed by atoms with Crippen LogP contribution in [0.5, 0.6) is 5.75 Å². The minimum Gasteiger partial charge on any atom is -0.494 e. The zero-order valence-corrected chi connectivity index (χ0v) is 14.6. The number of aromatic nitrogens is 2. The number of benzene rings is 2. The van der Waals surface area contributed by atoms with Crippen LogP contribution in [0.4, 0.5) is 5.95 Å². The van der Waals surface area contributed by atoms with Gasteiger partial charge in [0, 0.05) is 5.56 Å². The largest absolute Gasteiger partial charge is 0.494 e. The van der Waals surface area contributed by atoms with Crippen molar-refractivity contribution in [2.24, 2.45) is 0 Å². The molecule has 26 heavy (non-hydrogen) atoms. The molecule has 0 aliphatic rings. The Morgan fingerprint density at radius 3 is 2.58 bits per heavy atom. The van der Waals surface area contributed by atoms with Gasteiger partial charge in [-0.2, -0.15) is 0 Å². The highest BCUT2D eigenvalue weighted by Crippen LogP contribution is 2.14. The molecule has 0 saturated carbocycles. The number of aromatic amines is 1. The van der Waals surface area contributed by atoms with Crippen molar-refractivity contribution in [3.05, 3.63) is 54.1 Å². The minimum atomic E-state index is -0.720. The van der Waals surface area contributed by atoms with Crippen LogP contribution in [0.25, 0.3) is 11.0 Å². The zero-order chi connectivity index (χ0) is 18.5. The van der Waals surface area contributed by atoms with Gasteiger partial charge in [0.1, 0.15) is 11.8 Å². The van der Waals surface area contributed by atoms with Crippen LogP contribution in [0.3, 0.4) is 0 Å². The Morgan fingerprint density at radius 1 is 1.15 bits per heavy atom. The predicted octanol–water partition coefficient (Wildman–Crippen LogP) is 2.72. The second-order valence-corrected chi connectivity index (χ2v) is 5.74. The molecule has 7 nitrogen and oxygen atoms in total. The minimum absolute atomic E-state index is 0.333. The van der Waals surface area contributed by atoms with Crippen molar-refractivity contribution in [1.82, 2.24) is 15.3 Å². The van der Waals surface area contributed by atoms with Gasteiger partial charge >= 0.3 is 0 Å². The number of nitrogens with zero attached hydrogens (tertiary/aromatic N) is 1. The summed E-state index contributed by atoms with van der Waals surface area (Å²) < 4.78 is 5.34. The first kappa shape index (κ1) is 17.5. The average Bonchev–Trinajstić information content (AvgIpc) is 3.04. The lowest BCUT2D eigenvalue weighted by atomic mass is 10.2. The van der Waals surface area contributed by atoms with Gasteiger partial charge in [-0.3, -0.25) is 14.9 Å². The number of carbonyl (C=O) groups excluding carboxylic acids is 2. The monoisotopic (exact) mass is 352 g/mol. The number of rotatable bonds is 6. The highest BCUT2D eigenvalue weighted by molar-refractivity contribution is 6.00. The summed E-state index contributed by atoms with van der Waals surface area (Å²) in [6.45, 7) is 4.07. The molecule has 3 N–H and O–H groups in total. The first-order valence-corrected chi connectivity index (χ1v) is 8.36. The number of imidazole rings is 1. The molecule has 1 atom stereocenters. The van der Waals surface area contributed by atoms with Crippen LogP contribution in [-0.4, -0.2) is 34.4 Å². The third-order valence-electron chi connectivity index (χ3n) is 3.80. The molecule has 1 aromatic heterocycles. The van der Waals surface area contributed by atoms with Gasteiger partial charge in [-0.1, -0.05) is 12.1 Å². The third-order valence-corrected chi connectivity index (χ3v) is 3.80. The number of amides is 2. The Kier molecular flexibility index (Phi) is 5.17. The number of hydrogen-bond acceptors (Lipinski definition) is 4. The van der Waals surface area contributed by atoms with Crippen LogP contribution in [0, 0.1) is 0 Å². The Hall–Kier alpha value is -3.35. The van der Waals surface area contributed by atoms with Crippen molar-refractivity contribution >= 4 is 28.8 Å². The summed E-state index contributed by atoms with van der Waals surface area (Å²) in [5.41, 5.74) is 2.04. The van der Waals surface area contributed by atoms with Crippen molar-refractivity contribution < 1.29 is 14.3 Å². The summed E-state index contributed by atoms with van der Waals surface area (Å²) in [6.07, 6.45) is 0. The maximum Gasteiger partial charge on any atom is 0.251 e. The summed E-state index contributed by atoms with van der Waals surface area (Å²) in [5.74, 6) is 0.349. The van der Waals surface area contributed by atoms with Gasteiger partial charge in [0.05, 0.1) is 17.6 Å². The Bertz CT molecular complexity index is 885. The van der Waals surface area contributed by atoms with E-state index in [0.29, 0.717) is 23.9 Å². The smallest absolute Gasteiger partial charge is 0.251 e. The maximum atomic E-state index is 12.3. The molecular formula is C19H20N4O3. The molecular weight excluding hydrogens is 332 g/mol. The second kappa shape index (κ2) is 7.69. The van der Waals surface area contributed by atoms with E-state index in [4.69, 9.17) is 4.74 Å². The van der Waals surface area contributed by atoms with Crippen molar-refractivity contribution in [3.63, 3.8) is 0 Å². The molecule has 1 heterocycles. The van der Waals surface area contributed by atoms with E-state index in [0.717, 1.165) is 11.0 Å². The Labute approximate surface area is 150 Å². The molecule has 0 radical (unpaired) electrons. The van der Waals surface area contributed by atoms with E-state index in [-0.39, 0.29) is 11.8 Å². The van der Waals surface area contributed by atoms with E-state index in [2.05, 4.69) is 20.6 Å². The van der Waals surface area contributed by atoms with Crippen LogP contribution < -0.4 is 15.4 Å². The topological polar surface area (TPSA) is 96.1 Å².